The van der Waals surface area contributed by atoms with E-state index >= 15 is 0 Å². The molecule has 1 heterocycles. The van der Waals surface area contributed by atoms with Gasteiger partial charge in [0.2, 0.25) is 0 Å². The molecule has 1 N–H and O–H groups in total. The van der Waals surface area contributed by atoms with Gasteiger partial charge in [-0.05, 0) is 50.0 Å². The second-order valence-electron chi connectivity index (χ2n) is 5.41. The normalized spacial score (nSPS) is 17.9. The summed E-state index contributed by atoms with van der Waals surface area (Å²) in [6.07, 6.45) is 3.34. The largest absolute Gasteiger partial charge is 0.338 e. The van der Waals surface area contributed by atoms with Crippen molar-refractivity contribution in [3.05, 3.63) is 35.4 Å². The summed E-state index contributed by atoms with van der Waals surface area (Å²) < 4.78 is 0. The molecule has 1 aliphatic rings. The Hall–Kier alpha value is -1.06. The van der Waals surface area contributed by atoms with Crippen LogP contribution in [0, 0.1) is 5.92 Å². The fraction of sp³-hybridized carbons (Fsp3) is 0.562. The fourth-order valence-corrected chi connectivity index (χ4v) is 2.76. The zero-order chi connectivity index (χ0) is 13.7. The van der Waals surface area contributed by atoms with Crippen LogP contribution in [0.5, 0.6) is 0 Å². The van der Waals surface area contributed by atoms with Gasteiger partial charge in [-0.25, -0.2) is 0 Å². The molecule has 4 heteroatoms. The van der Waals surface area contributed by atoms with Crippen molar-refractivity contribution in [2.24, 2.45) is 5.92 Å². The van der Waals surface area contributed by atoms with E-state index in [0.29, 0.717) is 5.92 Å². The Bertz CT molecular complexity index is 419. The molecule has 2 rings (SSSR count). The fourth-order valence-electron chi connectivity index (χ4n) is 2.76. The lowest BCUT2D eigenvalue weighted by Gasteiger charge is -2.16. The van der Waals surface area contributed by atoms with Crippen LogP contribution in [-0.2, 0) is 6.42 Å². The Morgan fingerprint density at radius 2 is 2.05 bits per heavy atom. The number of carbonyl (C=O) groups excluding carboxylic acids is 1. The van der Waals surface area contributed by atoms with E-state index in [-0.39, 0.29) is 18.3 Å². The molecule has 0 aliphatic carbocycles. The average Bonchev–Trinajstić information content (AvgIpc) is 2.88. The summed E-state index contributed by atoms with van der Waals surface area (Å²) in [4.78, 5) is 14.4. The number of aryl methyl sites for hydroxylation is 1. The van der Waals surface area contributed by atoms with Gasteiger partial charge in [0.1, 0.15) is 0 Å². The summed E-state index contributed by atoms with van der Waals surface area (Å²) in [7, 11) is 1.97. The van der Waals surface area contributed by atoms with Gasteiger partial charge in [0.15, 0.2) is 0 Å². The maximum atomic E-state index is 12.4. The molecule has 0 radical (unpaired) electrons. The van der Waals surface area contributed by atoms with Crippen molar-refractivity contribution >= 4 is 18.3 Å². The number of halogens is 1. The molecule has 1 aliphatic heterocycles. The third-order valence-corrected chi connectivity index (χ3v) is 3.81. The lowest BCUT2D eigenvalue weighted by Crippen LogP contribution is -2.30. The topological polar surface area (TPSA) is 32.3 Å². The molecule has 3 nitrogen and oxygen atoms in total. The molecule has 1 fully saturated rings. The van der Waals surface area contributed by atoms with Gasteiger partial charge in [0.05, 0.1) is 0 Å². The van der Waals surface area contributed by atoms with E-state index in [1.807, 2.05) is 24.1 Å². The van der Waals surface area contributed by atoms with E-state index in [9.17, 15) is 4.79 Å². The van der Waals surface area contributed by atoms with Crippen LogP contribution in [0.2, 0.25) is 0 Å². The standard InChI is InChI=1S/C16H24N2O.ClH/c1-3-4-13-5-7-15(8-6-13)16(19)18-10-9-14(12-18)11-17-2;/h5-8,14,17H,3-4,9-12H2,1-2H3;1H. The highest BCUT2D eigenvalue weighted by atomic mass is 35.5. The average molecular weight is 297 g/mol. The molecule has 1 aromatic carbocycles. The second-order valence-corrected chi connectivity index (χ2v) is 5.41. The number of nitrogens with one attached hydrogen (secondary N) is 1. The molecule has 20 heavy (non-hydrogen) atoms. The van der Waals surface area contributed by atoms with E-state index in [0.717, 1.165) is 44.5 Å². The summed E-state index contributed by atoms with van der Waals surface area (Å²) in [5.41, 5.74) is 2.14. The van der Waals surface area contributed by atoms with E-state index < -0.39 is 0 Å². The first-order chi connectivity index (χ1) is 9.24. The SMILES string of the molecule is CCCc1ccc(C(=O)N2CCC(CNC)C2)cc1.Cl. The third-order valence-electron chi connectivity index (χ3n) is 3.81. The molecule has 0 saturated carbocycles. The number of nitrogens with zero attached hydrogens (tertiary/aromatic N) is 1. The van der Waals surface area contributed by atoms with Crippen LogP contribution in [0.1, 0.15) is 35.7 Å². The molecular weight excluding hydrogens is 272 g/mol. The minimum absolute atomic E-state index is 0. The first-order valence-electron chi connectivity index (χ1n) is 7.27. The van der Waals surface area contributed by atoms with Crippen molar-refractivity contribution in [3.63, 3.8) is 0 Å². The molecule has 0 bridgehead atoms. The first-order valence-corrected chi connectivity index (χ1v) is 7.27. The van der Waals surface area contributed by atoms with E-state index in [1.54, 1.807) is 0 Å². The highest BCUT2D eigenvalue weighted by Gasteiger charge is 2.26. The van der Waals surface area contributed by atoms with Gasteiger partial charge >= 0.3 is 0 Å². The van der Waals surface area contributed by atoms with Crippen molar-refractivity contribution in [1.29, 1.82) is 0 Å². The number of rotatable bonds is 5. The Labute approximate surface area is 128 Å². The lowest BCUT2D eigenvalue weighted by atomic mass is 10.1. The van der Waals surface area contributed by atoms with Gasteiger partial charge in [-0.3, -0.25) is 4.79 Å². The maximum Gasteiger partial charge on any atom is 0.253 e. The van der Waals surface area contributed by atoms with Gasteiger partial charge in [-0.1, -0.05) is 25.5 Å². The second kappa shape index (κ2) is 8.28. The first kappa shape index (κ1) is 17.0. The Kier molecular flexibility index (Phi) is 7.03. The highest BCUT2D eigenvalue weighted by molar-refractivity contribution is 5.94. The predicted molar refractivity (Wildman–Crippen MR) is 85.6 cm³/mol. The quantitative estimate of drug-likeness (QED) is 0.906. The molecule has 1 aromatic rings. The minimum atomic E-state index is 0. The van der Waals surface area contributed by atoms with Gasteiger partial charge in [0.25, 0.3) is 5.91 Å². The van der Waals surface area contributed by atoms with Crippen LogP contribution in [-0.4, -0.2) is 37.5 Å². The summed E-state index contributed by atoms with van der Waals surface area (Å²) in [5.74, 6) is 0.787. The molecule has 1 unspecified atom stereocenters. The molecule has 112 valence electrons. The Morgan fingerprint density at radius 1 is 1.35 bits per heavy atom. The van der Waals surface area contributed by atoms with Crippen LogP contribution < -0.4 is 5.32 Å². The zero-order valence-electron chi connectivity index (χ0n) is 12.4. The van der Waals surface area contributed by atoms with Crippen molar-refractivity contribution in [1.82, 2.24) is 10.2 Å². The number of carbonyl (C=O) groups is 1. The molecule has 1 amide bonds. The number of benzene rings is 1. The number of likely N-dealkylation sites (tertiary alicyclic amines) is 1. The summed E-state index contributed by atoms with van der Waals surface area (Å²) in [6.45, 7) is 4.95. The highest BCUT2D eigenvalue weighted by Crippen LogP contribution is 2.18. The number of hydrogen-bond donors (Lipinski definition) is 1. The molecule has 0 aromatic heterocycles. The molecule has 0 spiro atoms. The van der Waals surface area contributed by atoms with Gasteiger partial charge in [0, 0.05) is 18.7 Å². The van der Waals surface area contributed by atoms with Crippen LogP contribution in [0.25, 0.3) is 0 Å². The number of amides is 1. The van der Waals surface area contributed by atoms with Crippen molar-refractivity contribution in [2.75, 3.05) is 26.7 Å². The summed E-state index contributed by atoms with van der Waals surface area (Å²) in [6, 6.07) is 8.10. The van der Waals surface area contributed by atoms with Crippen molar-refractivity contribution in [3.8, 4) is 0 Å². The van der Waals surface area contributed by atoms with Gasteiger partial charge in [-0.15, -0.1) is 12.4 Å². The van der Waals surface area contributed by atoms with Crippen LogP contribution in [0.15, 0.2) is 24.3 Å². The van der Waals surface area contributed by atoms with Crippen LogP contribution in [0.3, 0.4) is 0 Å². The Balaban J connectivity index is 0.00000200. The van der Waals surface area contributed by atoms with Crippen molar-refractivity contribution in [2.45, 2.75) is 26.2 Å². The monoisotopic (exact) mass is 296 g/mol. The van der Waals surface area contributed by atoms with Crippen LogP contribution in [0.4, 0.5) is 0 Å². The van der Waals surface area contributed by atoms with E-state index in [4.69, 9.17) is 0 Å². The molecular formula is C16H25ClN2O. The van der Waals surface area contributed by atoms with E-state index in [1.165, 1.54) is 5.56 Å². The molecule has 1 atom stereocenters. The maximum absolute atomic E-state index is 12.4. The smallest absolute Gasteiger partial charge is 0.253 e. The van der Waals surface area contributed by atoms with Crippen molar-refractivity contribution < 1.29 is 4.79 Å². The summed E-state index contributed by atoms with van der Waals surface area (Å²) in [5, 5.41) is 3.19. The lowest BCUT2D eigenvalue weighted by molar-refractivity contribution is 0.0787. The molecule has 1 saturated heterocycles. The minimum Gasteiger partial charge on any atom is -0.338 e. The number of hydrogen-bond acceptors (Lipinski definition) is 2. The van der Waals surface area contributed by atoms with E-state index in [2.05, 4.69) is 24.4 Å². The third kappa shape index (κ3) is 4.22. The van der Waals surface area contributed by atoms with Gasteiger partial charge < -0.3 is 10.2 Å². The zero-order valence-corrected chi connectivity index (χ0v) is 13.2. The van der Waals surface area contributed by atoms with Gasteiger partial charge in [-0.2, -0.15) is 0 Å². The Morgan fingerprint density at radius 3 is 2.65 bits per heavy atom. The summed E-state index contributed by atoms with van der Waals surface area (Å²) >= 11 is 0. The van der Waals surface area contributed by atoms with Crippen LogP contribution >= 0.6 is 12.4 Å². The predicted octanol–water partition coefficient (Wildman–Crippen LogP) is 2.74.